The molecule has 1 aromatic rings. The number of carboxylic acids is 1. The summed E-state index contributed by atoms with van der Waals surface area (Å²) < 4.78 is 0. The molecule has 0 fully saturated rings. The average Bonchev–Trinajstić information content (AvgIpc) is 2.25. The van der Waals surface area contributed by atoms with E-state index in [0.717, 1.165) is 11.5 Å². The SMILES string of the molecule is CCSCC(C)Nc1nc(C)cc(C(=O)O)n1. The highest BCUT2D eigenvalue weighted by molar-refractivity contribution is 7.99. The highest BCUT2D eigenvalue weighted by Gasteiger charge is 2.10. The fourth-order valence-corrected chi connectivity index (χ4v) is 1.97. The molecule has 0 radical (unpaired) electrons. The zero-order valence-corrected chi connectivity index (χ0v) is 11.0. The molecule has 1 heterocycles. The van der Waals surface area contributed by atoms with Crippen LogP contribution in [-0.4, -0.2) is 38.6 Å². The lowest BCUT2D eigenvalue weighted by Crippen LogP contribution is -2.21. The monoisotopic (exact) mass is 255 g/mol. The smallest absolute Gasteiger partial charge is 0.354 e. The van der Waals surface area contributed by atoms with E-state index in [1.165, 1.54) is 6.07 Å². The second-order valence-electron chi connectivity index (χ2n) is 3.73. The Hall–Kier alpha value is -1.30. The number of nitrogens with one attached hydrogen (secondary N) is 1. The largest absolute Gasteiger partial charge is 0.477 e. The number of carboxylic acid groups (broad SMARTS) is 1. The third-order valence-electron chi connectivity index (χ3n) is 2.02. The van der Waals surface area contributed by atoms with Crippen LogP contribution in [0.3, 0.4) is 0 Å². The van der Waals surface area contributed by atoms with Gasteiger partial charge in [0.1, 0.15) is 0 Å². The van der Waals surface area contributed by atoms with Crippen LogP contribution in [0.5, 0.6) is 0 Å². The van der Waals surface area contributed by atoms with Crippen molar-refractivity contribution >= 4 is 23.7 Å². The third kappa shape index (κ3) is 4.60. The summed E-state index contributed by atoms with van der Waals surface area (Å²) >= 11 is 1.82. The maximum atomic E-state index is 10.8. The predicted molar refractivity (Wildman–Crippen MR) is 69.8 cm³/mol. The molecule has 94 valence electrons. The molecule has 0 saturated carbocycles. The number of nitrogens with zero attached hydrogens (tertiary/aromatic N) is 2. The summed E-state index contributed by atoms with van der Waals surface area (Å²) in [6.07, 6.45) is 0. The molecule has 0 amide bonds. The quantitative estimate of drug-likeness (QED) is 0.810. The molecule has 0 aliphatic carbocycles. The van der Waals surface area contributed by atoms with Crippen LogP contribution in [0.4, 0.5) is 5.95 Å². The molecular formula is C11H17N3O2S. The van der Waals surface area contributed by atoms with Gasteiger partial charge in [0.2, 0.25) is 5.95 Å². The lowest BCUT2D eigenvalue weighted by atomic mass is 10.3. The highest BCUT2D eigenvalue weighted by Crippen LogP contribution is 2.09. The molecule has 5 nitrogen and oxygen atoms in total. The molecule has 0 bridgehead atoms. The van der Waals surface area contributed by atoms with Crippen LogP contribution in [-0.2, 0) is 0 Å². The second kappa shape index (κ2) is 6.44. The topological polar surface area (TPSA) is 75.1 Å². The Bertz CT molecular complexity index is 398. The van der Waals surface area contributed by atoms with Gasteiger partial charge in [0, 0.05) is 17.5 Å². The first-order valence-corrected chi connectivity index (χ1v) is 6.61. The van der Waals surface area contributed by atoms with Crippen LogP contribution in [0.25, 0.3) is 0 Å². The van der Waals surface area contributed by atoms with Crippen molar-refractivity contribution in [3.05, 3.63) is 17.5 Å². The van der Waals surface area contributed by atoms with Gasteiger partial charge in [0.25, 0.3) is 0 Å². The standard InChI is InChI=1S/C11H17N3O2S/c1-4-17-6-8(3)13-11-12-7(2)5-9(14-11)10(15)16/h5,8H,4,6H2,1-3H3,(H,15,16)(H,12,13,14). The Morgan fingerprint density at radius 3 is 2.88 bits per heavy atom. The average molecular weight is 255 g/mol. The van der Waals surface area contributed by atoms with Crippen molar-refractivity contribution in [1.29, 1.82) is 0 Å². The number of anilines is 1. The molecule has 2 N–H and O–H groups in total. The second-order valence-corrected chi connectivity index (χ2v) is 5.05. The van der Waals surface area contributed by atoms with Crippen LogP contribution in [0.2, 0.25) is 0 Å². The molecule has 0 saturated heterocycles. The van der Waals surface area contributed by atoms with Crippen molar-refractivity contribution < 1.29 is 9.90 Å². The van der Waals surface area contributed by atoms with Crippen molar-refractivity contribution in [2.75, 3.05) is 16.8 Å². The van der Waals surface area contributed by atoms with Gasteiger partial charge in [-0.15, -0.1) is 0 Å². The van der Waals surface area contributed by atoms with Crippen LogP contribution in [0, 0.1) is 6.92 Å². The summed E-state index contributed by atoms with van der Waals surface area (Å²) in [7, 11) is 0. The van der Waals surface area contributed by atoms with Crippen molar-refractivity contribution in [2.24, 2.45) is 0 Å². The zero-order valence-electron chi connectivity index (χ0n) is 10.2. The Morgan fingerprint density at radius 2 is 2.29 bits per heavy atom. The molecule has 1 unspecified atom stereocenters. The number of hydrogen-bond donors (Lipinski definition) is 2. The highest BCUT2D eigenvalue weighted by atomic mass is 32.2. The van der Waals surface area contributed by atoms with E-state index >= 15 is 0 Å². The van der Waals surface area contributed by atoms with Gasteiger partial charge in [-0.3, -0.25) is 0 Å². The molecule has 0 aromatic carbocycles. The number of thioether (sulfide) groups is 1. The first kappa shape index (κ1) is 13.8. The first-order chi connectivity index (χ1) is 8.02. The summed E-state index contributed by atoms with van der Waals surface area (Å²) in [6, 6.07) is 1.67. The molecule has 1 aromatic heterocycles. The minimum absolute atomic E-state index is 0.0235. The molecule has 0 aliphatic rings. The molecule has 1 rings (SSSR count). The fourth-order valence-electron chi connectivity index (χ4n) is 1.30. The summed E-state index contributed by atoms with van der Waals surface area (Å²) in [5.41, 5.74) is 0.672. The molecule has 17 heavy (non-hydrogen) atoms. The van der Waals surface area contributed by atoms with E-state index in [1.54, 1.807) is 6.92 Å². The number of aryl methyl sites for hydroxylation is 1. The molecule has 6 heteroatoms. The van der Waals surface area contributed by atoms with Gasteiger partial charge in [-0.1, -0.05) is 6.92 Å². The maximum Gasteiger partial charge on any atom is 0.354 e. The van der Waals surface area contributed by atoms with Crippen molar-refractivity contribution in [3.63, 3.8) is 0 Å². The van der Waals surface area contributed by atoms with Crippen LogP contribution in [0.15, 0.2) is 6.07 Å². The van der Waals surface area contributed by atoms with Gasteiger partial charge in [0.15, 0.2) is 5.69 Å². The van der Waals surface area contributed by atoms with E-state index in [-0.39, 0.29) is 11.7 Å². The van der Waals surface area contributed by atoms with Gasteiger partial charge in [-0.2, -0.15) is 11.8 Å². The molecule has 1 atom stereocenters. The van der Waals surface area contributed by atoms with E-state index in [1.807, 2.05) is 18.7 Å². The summed E-state index contributed by atoms with van der Waals surface area (Å²) in [5, 5.41) is 12.0. The van der Waals surface area contributed by atoms with Crippen molar-refractivity contribution in [1.82, 2.24) is 9.97 Å². The van der Waals surface area contributed by atoms with Crippen molar-refractivity contribution in [3.8, 4) is 0 Å². The normalized spacial score (nSPS) is 12.2. The van der Waals surface area contributed by atoms with Gasteiger partial charge in [-0.05, 0) is 25.7 Å². The zero-order chi connectivity index (χ0) is 12.8. The predicted octanol–water partition coefficient (Wildman–Crippen LogP) is 2.04. The lowest BCUT2D eigenvalue weighted by molar-refractivity contribution is 0.0690. The van der Waals surface area contributed by atoms with E-state index < -0.39 is 5.97 Å². The Labute approximate surface area is 105 Å². The molecular weight excluding hydrogens is 238 g/mol. The van der Waals surface area contributed by atoms with E-state index in [2.05, 4.69) is 22.2 Å². The van der Waals surface area contributed by atoms with E-state index in [9.17, 15) is 4.79 Å². The first-order valence-electron chi connectivity index (χ1n) is 5.46. The Morgan fingerprint density at radius 1 is 1.59 bits per heavy atom. The third-order valence-corrected chi connectivity index (χ3v) is 3.16. The van der Waals surface area contributed by atoms with Gasteiger partial charge < -0.3 is 10.4 Å². The minimum atomic E-state index is -1.03. The van der Waals surface area contributed by atoms with Crippen molar-refractivity contribution in [2.45, 2.75) is 26.8 Å². The van der Waals surface area contributed by atoms with Crippen LogP contribution < -0.4 is 5.32 Å². The minimum Gasteiger partial charge on any atom is -0.477 e. The Kier molecular flexibility index (Phi) is 5.21. The molecule has 0 aliphatic heterocycles. The van der Waals surface area contributed by atoms with Crippen LogP contribution in [0.1, 0.15) is 30.0 Å². The van der Waals surface area contributed by atoms with Gasteiger partial charge in [0.05, 0.1) is 0 Å². The number of carbonyl (C=O) groups is 1. The Balaban J connectivity index is 2.73. The number of hydrogen-bond acceptors (Lipinski definition) is 5. The fraction of sp³-hybridized carbons (Fsp3) is 0.545. The van der Waals surface area contributed by atoms with E-state index in [4.69, 9.17) is 5.11 Å². The van der Waals surface area contributed by atoms with Crippen LogP contribution >= 0.6 is 11.8 Å². The lowest BCUT2D eigenvalue weighted by Gasteiger charge is -2.13. The summed E-state index contributed by atoms with van der Waals surface area (Å²) in [5.74, 6) is 1.35. The van der Waals surface area contributed by atoms with Gasteiger partial charge >= 0.3 is 5.97 Å². The summed E-state index contributed by atoms with van der Waals surface area (Å²) in [4.78, 5) is 19.0. The number of aromatic nitrogens is 2. The molecule has 0 spiro atoms. The van der Waals surface area contributed by atoms with Gasteiger partial charge in [-0.25, -0.2) is 14.8 Å². The summed E-state index contributed by atoms with van der Waals surface area (Å²) in [6.45, 7) is 5.88. The number of rotatable bonds is 6. The number of aromatic carboxylic acids is 1. The van der Waals surface area contributed by atoms with E-state index in [0.29, 0.717) is 11.6 Å². The maximum absolute atomic E-state index is 10.8.